The number of rotatable bonds is 4. The lowest BCUT2D eigenvalue weighted by molar-refractivity contribution is -0.123. The molecule has 1 unspecified atom stereocenters. The second-order valence-electron chi connectivity index (χ2n) is 3.28. The molecule has 0 saturated carbocycles. The number of aromatic hydroxyl groups is 1. The summed E-state index contributed by atoms with van der Waals surface area (Å²) < 4.78 is 0. The van der Waals surface area contributed by atoms with E-state index >= 15 is 0 Å². The number of carbonyl (C=O) groups excluding carboxylic acids is 2. The van der Waals surface area contributed by atoms with E-state index in [1.807, 2.05) is 0 Å². The molecule has 86 valence electrons. The number of amides is 2. The normalized spacial score (nSPS) is 11.8. The van der Waals surface area contributed by atoms with E-state index in [9.17, 15) is 14.7 Å². The summed E-state index contributed by atoms with van der Waals surface area (Å²) in [6.45, 7) is 0. The van der Waals surface area contributed by atoms with Gasteiger partial charge in [-0.1, -0.05) is 12.1 Å². The maximum Gasteiger partial charge on any atom is 0.241 e. The predicted molar refractivity (Wildman–Crippen MR) is 58.5 cm³/mol. The van der Waals surface area contributed by atoms with Gasteiger partial charge in [0.1, 0.15) is 5.75 Å². The van der Waals surface area contributed by atoms with Crippen molar-refractivity contribution in [1.29, 1.82) is 0 Å². The number of hydrogen-bond donors (Lipinski definition) is 4. The standard InChI is InChI=1S/C10H13N3O3/c11-6(5-9(12)15)10(16)13-7-3-1-2-4-8(7)14/h1-4,6,14H,5,11H2,(H2,12,15)(H,13,16). The van der Waals surface area contributed by atoms with Crippen molar-refractivity contribution in [2.45, 2.75) is 12.5 Å². The van der Waals surface area contributed by atoms with Crippen molar-refractivity contribution >= 4 is 17.5 Å². The Bertz CT molecular complexity index is 406. The van der Waals surface area contributed by atoms with Gasteiger partial charge in [-0.3, -0.25) is 9.59 Å². The van der Waals surface area contributed by atoms with Gasteiger partial charge in [-0.25, -0.2) is 0 Å². The molecule has 0 saturated heterocycles. The van der Waals surface area contributed by atoms with Crippen LogP contribution >= 0.6 is 0 Å². The number of nitrogens with two attached hydrogens (primary N) is 2. The number of primary amides is 1. The Kier molecular flexibility index (Phi) is 3.84. The van der Waals surface area contributed by atoms with Crippen molar-refractivity contribution in [1.82, 2.24) is 0 Å². The van der Waals surface area contributed by atoms with Crippen molar-refractivity contribution in [3.63, 3.8) is 0 Å². The highest BCUT2D eigenvalue weighted by atomic mass is 16.3. The van der Waals surface area contributed by atoms with E-state index in [4.69, 9.17) is 11.5 Å². The number of hydrogen-bond acceptors (Lipinski definition) is 4. The molecule has 2 amide bonds. The predicted octanol–water partition coefficient (Wildman–Crippen LogP) is -0.467. The minimum absolute atomic E-state index is 0.0675. The van der Waals surface area contributed by atoms with Crippen LogP contribution in [0, 0.1) is 0 Å². The van der Waals surface area contributed by atoms with Crippen LogP contribution in [0.4, 0.5) is 5.69 Å². The Morgan fingerprint density at radius 2 is 2.00 bits per heavy atom. The lowest BCUT2D eigenvalue weighted by atomic mass is 10.2. The van der Waals surface area contributed by atoms with E-state index in [2.05, 4.69) is 5.32 Å². The highest BCUT2D eigenvalue weighted by Gasteiger charge is 2.16. The topological polar surface area (TPSA) is 118 Å². The molecule has 0 heterocycles. The smallest absolute Gasteiger partial charge is 0.241 e. The van der Waals surface area contributed by atoms with Crippen LogP contribution in [0.1, 0.15) is 6.42 Å². The van der Waals surface area contributed by atoms with Crippen molar-refractivity contribution in [3.8, 4) is 5.75 Å². The van der Waals surface area contributed by atoms with Crippen molar-refractivity contribution in [2.24, 2.45) is 11.5 Å². The zero-order valence-corrected chi connectivity index (χ0v) is 8.51. The van der Waals surface area contributed by atoms with E-state index in [0.717, 1.165) is 0 Å². The van der Waals surface area contributed by atoms with Crippen LogP contribution in [-0.4, -0.2) is 23.0 Å². The van der Waals surface area contributed by atoms with Gasteiger partial charge in [-0.05, 0) is 12.1 Å². The molecule has 0 fully saturated rings. The molecule has 6 heteroatoms. The summed E-state index contributed by atoms with van der Waals surface area (Å²) in [5.74, 6) is -1.29. The summed E-state index contributed by atoms with van der Waals surface area (Å²) in [5, 5.41) is 11.8. The molecule has 0 spiro atoms. The van der Waals surface area contributed by atoms with Crippen LogP contribution in [0.3, 0.4) is 0 Å². The largest absolute Gasteiger partial charge is 0.506 e. The molecule has 1 rings (SSSR count). The van der Waals surface area contributed by atoms with Gasteiger partial charge in [0.15, 0.2) is 0 Å². The third-order valence-corrected chi connectivity index (χ3v) is 1.92. The fourth-order valence-corrected chi connectivity index (χ4v) is 1.11. The molecule has 0 aliphatic heterocycles. The Hall–Kier alpha value is -2.08. The van der Waals surface area contributed by atoms with Gasteiger partial charge in [-0.15, -0.1) is 0 Å². The van der Waals surface area contributed by atoms with E-state index in [1.54, 1.807) is 12.1 Å². The average molecular weight is 223 g/mol. The van der Waals surface area contributed by atoms with Crippen molar-refractivity contribution in [2.75, 3.05) is 5.32 Å². The summed E-state index contributed by atoms with van der Waals surface area (Å²) >= 11 is 0. The van der Waals surface area contributed by atoms with Gasteiger partial charge in [-0.2, -0.15) is 0 Å². The number of phenolic OH excluding ortho intramolecular Hbond substituents is 1. The van der Waals surface area contributed by atoms with Gasteiger partial charge < -0.3 is 21.9 Å². The fraction of sp³-hybridized carbons (Fsp3) is 0.200. The first-order chi connectivity index (χ1) is 7.50. The highest BCUT2D eigenvalue weighted by Crippen LogP contribution is 2.21. The van der Waals surface area contributed by atoms with Gasteiger partial charge >= 0.3 is 0 Å². The van der Waals surface area contributed by atoms with E-state index in [0.29, 0.717) is 0 Å². The third kappa shape index (κ3) is 3.25. The zero-order valence-electron chi connectivity index (χ0n) is 8.51. The molecule has 1 aromatic carbocycles. The molecule has 0 aromatic heterocycles. The van der Waals surface area contributed by atoms with E-state index < -0.39 is 17.9 Å². The zero-order chi connectivity index (χ0) is 12.1. The van der Waals surface area contributed by atoms with Crippen LogP contribution in [-0.2, 0) is 9.59 Å². The molecule has 6 nitrogen and oxygen atoms in total. The number of para-hydroxylation sites is 2. The molecule has 0 aliphatic carbocycles. The van der Waals surface area contributed by atoms with Crippen molar-refractivity contribution < 1.29 is 14.7 Å². The van der Waals surface area contributed by atoms with Crippen LogP contribution in [0.5, 0.6) is 5.75 Å². The second-order valence-corrected chi connectivity index (χ2v) is 3.28. The highest BCUT2D eigenvalue weighted by molar-refractivity contribution is 5.98. The average Bonchev–Trinajstić information content (AvgIpc) is 2.20. The van der Waals surface area contributed by atoms with Crippen molar-refractivity contribution in [3.05, 3.63) is 24.3 Å². The Morgan fingerprint density at radius 3 is 2.56 bits per heavy atom. The Morgan fingerprint density at radius 1 is 1.38 bits per heavy atom. The molecular formula is C10H13N3O3. The lowest BCUT2D eigenvalue weighted by Crippen LogP contribution is -2.38. The maximum atomic E-state index is 11.4. The van der Waals surface area contributed by atoms with Gasteiger partial charge in [0.25, 0.3) is 0 Å². The van der Waals surface area contributed by atoms with Gasteiger partial charge in [0.2, 0.25) is 11.8 Å². The molecule has 0 bridgehead atoms. The fourth-order valence-electron chi connectivity index (χ4n) is 1.11. The summed E-state index contributed by atoms with van der Waals surface area (Å²) in [7, 11) is 0. The van der Waals surface area contributed by atoms with Crippen LogP contribution in [0.2, 0.25) is 0 Å². The summed E-state index contributed by atoms with van der Waals surface area (Å²) in [4.78, 5) is 22.0. The summed E-state index contributed by atoms with van der Waals surface area (Å²) in [5.41, 5.74) is 10.6. The monoisotopic (exact) mass is 223 g/mol. The molecule has 1 aromatic rings. The Balaban J connectivity index is 2.64. The number of phenols is 1. The molecule has 16 heavy (non-hydrogen) atoms. The third-order valence-electron chi connectivity index (χ3n) is 1.92. The van der Waals surface area contributed by atoms with Crippen LogP contribution < -0.4 is 16.8 Å². The van der Waals surface area contributed by atoms with Gasteiger partial charge in [0.05, 0.1) is 18.2 Å². The number of nitrogens with one attached hydrogen (secondary N) is 1. The number of anilines is 1. The minimum atomic E-state index is -1.02. The van der Waals surface area contributed by atoms with Crippen LogP contribution in [0.15, 0.2) is 24.3 Å². The molecule has 0 radical (unpaired) electrons. The maximum absolute atomic E-state index is 11.4. The van der Waals surface area contributed by atoms with Crippen LogP contribution in [0.25, 0.3) is 0 Å². The molecule has 0 aliphatic rings. The first-order valence-electron chi connectivity index (χ1n) is 4.63. The van der Waals surface area contributed by atoms with E-state index in [-0.39, 0.29) is 17.9 Å². The van der Waals surface area contributed by atoms with Gasteiger partial charge in [0, 0.05) is 0 Å². The molecule has 6 N–H and O–H groups in total. The second kappa shape index (κ2) is 5.13. The summed E-state index contributed by atoms with van der Waals surface area (Å²) in [6.07, 6.45) is -0.237. The Labute approximate surface area is 92.2 Å². The minimum Gasteiger partial charge on any atom is -0.506 e. The lowest BCUT2D eigenvalue weighted by Gasteiger charge is -2.11. The SMILES string of the molecule is NC(=O)CC(N)C(=O)Nc1ccccc1O. The molecular weight excluding hydrogens is 210 g/mol. The summed E-state index contributed by atoms with van der Waals surface area (Å²) in [6, 6.07) is 5.19. The van der Waals surface area contributed by atoms with E-state index in [1.165, 1.54) is 12.1 Å². The first kappa shape index (κ1) is 12.0. The number of carbonyl (C=O) groups is 2. The number of benzene rings is 1. The first-order valence-corrected chi connectivity index (χ1v) is 4.63. The molecule has 1 atom stereocenters. The quantitative estimate of drug-likeness (QED) is 0.516.